The Morgan fingerprint density at radius 3 is 2.46 bits per heavy atom. The van der Waals surface area contributed by atoms with Crippen LogP contribution in [0.15, 0.2) is 23.9 Å². The van der Waals surface area contributed by atoms with Gasteiger partial charge in [0.25, 0.3) is 0 Å². The van der Waals surface area contributed by atoms with Crippen LogP contribution >= 0.6 is 0 Å². The molecule has 0 unspecified atom stereocenters. The Kier molecular flexibility index (Phi) is 7.50. The van der Waals surface area contributed by atoms with Crippen LogP contribution < -0.4 is 10.1 Å². The van der Waals surface area contributed by atoms with Gasteiger partial charge in [-0.15, -0.1) is 0 Å². The van der Waals surface area contributed by atoms with E-state index in [-0.39, 0.29) is 29.2 Å². The SMILES string of the molecule is CCOc1cc(NC=C(C#N)C(=O)OC(C)(C)C)c(C(=O)OC)cc1[N+](=O)[O-]. The van der Waals surface area contributed by atoms with Gasteiger partial charge in [0.1, 0.15) is 11.7 Å². The van der Waals surface area contributed by atoms with Gasteiger partial charge < -0.3 is 19.5 Å². The molecule has 150 valence electrons. The molecule has 0 heterocycles. The molecule has 0 bridgehead atoms. The zero-order valence-corrected chi connectivity index (χ0v) is 16.2. The Bertz CT molecular complexity index is 848. The first-order chi connectivity index (χ1) is 13.0. The third-order valence-electron chi connectivity index (χ3n) is 3.11. The van der Waals surface area contributed by atoms with Crippen molar-refractivity contribution in [2.45, 2.75) is 33.3 Å². The molecule has 28 heavy (non-hydrogen) atoms. The first-order valence-corrected chi connectivity index (χ1v) is 8.17. The van der Waals surface area contributed by atoms with Crippen molar-refractivity contribution in [2.75, 3.05) is 19.0 Å². The van der Waals surface area contributed by atoms with E-state index in [1.165, 1.54) is 6.07 Å². The van der Waals surface area contributed by atoms with Gasteiger partial charge >= 0.3 is 17.6 Å². The maximum Gasteiger partial charge on any atom is 0.350 e. The number of nitrogens with zero attached hydrogens (tertiary/aromatic N) is 2. The molecule has 1 rings (SSSR count). The van der Waals surface area contributed by atoms with Crippen LogP contribution in [0.4, 0.5) is 11.4 Å². The number of ether oxygens (including phenoxy) is 3. The summed E-state index contributed by atoms with van der Waals surface area (Å²) in [6.45, 7) is 6.73. The van der Waals surface area contributed by atoms with Crippen molar-refractivity contribution in [1.82, 2.24) is 0 Å². The van der Waals surface area contributed by atoms with Gasteiger partial charge in [0, 0.05) is 18.3 Å². The predicted octanol–water partition coefficient (Wildman–Crippen LogP) is 2.94. The monoisotopic (exact) mass is 391 g/mol. The summed E-state index contributed by atoms with van der Waals surface area (Å²) >= 11 is 0. The van der Waals surface area contributed by atoms with E-state index in [1.807, 2.05) is 0 Å². The number of benzene rings is 1. The Hall–Kier alpha value is -3.61. The van der Waals surface area contributed by atoms with Gasteiger partial charge in [-0.25, -0.2) is 9.59 Å². The molecule has 0 saturated heterocycles. The zero-order chi connectivity index (χ0) is 21.5. The third-order valence-corrected chi connectivity index (χ3v) is 3.11. The molecule has 0 radical (unpaired) electrons. The lowest BCUT2D eigenvalue weighted by molar-refractivity contribution is -0.385. The van der Waals surface area contributed by atoms with Gasteiger partial charge in [-0.1, -0.05) is 0 Å². The number of rotatable bonds is 7. The molecule has 0 aliphatic carbocycles. The molecule has 1 aromatic rings. The number of nitro groups is 1. The van der Waals surface area contributed by atoms with Crippen LogP contribution in [0.3, 0.4) is 0 Å². The lowest BCUT2D eigenvalue weighted by Crippen LogP contribution is -2.24. The minimum Gasteiger partial charge on any atom is -0.487 e. The summed E-state index contributed by atoms with van der Waals surface area (Å²) in [4.78, 5) is 34.6. The molecule has 0 aliphatic heterocycles. The lowest BCUT2D eigenvalue weighted by atomic mass is 10.1. The van der Waals surface area contributed by atoms with Crippen molar-refractivity contribution in [3.63, 3.8) is 0 Å². The van der Waals surface area contributed by atoms with Gasteiger partial charge in [0.2, 0.25) is 0 Å². The molecule has 0 fully saturated rings. The van der Waals surface area contributed by atoms with Crippen molar-refractivity contribution in [2.24, 2.45) is 0 Å². The van der Waals surface area contributed by atoms with Crippen LogP contribution in [0.5, 0.6) is 5.75 Å². The summed E-state index contributed by atoms with van der Waals surface area (Å²) in [5.74, 6) is -1.81. The van der Waals surface area contributed by atoms with E-state index in [4.69, 9.17) is 9.47 Å². The smallest absolute Gasteiger partial charge is 0.350 e. The van der Waals surface area contributed by atoms with Crippen LogP contribution in [0.25, 0.3) is 0 Å². The van der Waals surface area contributed by atoms with E-state index in [1.54, 1.807) is 33.8 Å². The Balaban J connectivity index is 3.39. The molecular weight excluding hydrogens is 370 g/mol. The summed E-state index contributed by atoms with van der Waals surface area (Å²) in [6, 6.07) is 3.90. The summed E-state index contributed by atoms with van der Waals surface area (Å²) < 4.78 is 15.0. The highest BCUT2D eigenvalue weighted by Gasteiger charge is 2.24. The van der Waals surface area contributed by atoms with E-state index >= 15 is 0 Å². The maximum atomic E-state index is 12.0. The number of esters is 2. The van der Waals surface area contributed by atoms with Crippen molar-refractivity contribution < 1.29 is 28.7 Å². The predicted molar refractivity (Wildman–Crippen MR) is 98.8 cm³/mol. The molecule has 0 aliphatic rings. The van der Waals surface area contributed by atoms with E-state index in [0.29, 0.717) is 0 Å². The number of nitrogens with one attached hydrogen (secondary N) is 1. The number of carbonyl (C=O) groups excluding carboxylic acids is 2. The average molecular weight is 391 g/mol. The highest BCUT2D eigenvalue weighted by Crippen LogP contribution is 2.34. The fourth-order valence-electron chi connectivity index (χ4n) is 2.00. The summed E-state index contributed by atoms with van der Waals surface area (Å²) in [7, 11) is 1.12. The van der Waals surface area contributed by atoms with Crippen molar-refractivity contribution in [3.05, 3.63) is 39.6 Å². The van der Waals surface area contributed by atoms with Crippen molar-refractivity contribution in [3.8, 4) is 11.8 Å². The maximum absolute atomic E-state index is 12.0. The molecule has 1 aromatic carbocycles. The average Bonchev–Trinajstić information content (AvgIpc) is 2.60. The van der Waals surface area contributed by atoms with Crippen LogP contribution in [-0.2, 0) is 14.3 Å². The molecule has 0 saturated carbocycles. The topological polar surface area (TPSA) is 141 Å². The fraction of sp³-hybridized carbons (Fsp3) is 0.389. The van der Waals surface area contributed by atoms with Crippen molar-refractivity contribution in [1.29, 1.82) is 5.26 Å². The number of anilines is 1. The number of hydrogen-bond donors (Lipinski definition) is 1. The molecule has 10 nitrogen and oxygen atoms in total. The minimum atomic E-state index is -0.867. The second-order valence-corrected chi connectivity index (χ2v) is 6.36. The highest BCUT2D eigenvalue weighted by molar-refractivity contribution is 5.98. The number of carbonyl (C=O) groups is 2. The molecule has 0 amide bonds. The Morgan fingerprint density at radius 2 is 2.00 bits per heavy atom. The van der Waals surface area contributed by atoms with Gasteiger partial charge in [-0.05, 0) is 27.7 Å². The van der Waals surface area contributed by atoms with Crippen molar-refractivity contribution >= 4 is 23.3 Å². The van der Waals surface area contributed by atoms with Crippen LogP contribution in [0.1, 0.15) is 38.1 Å². The van der Waals surface area contributed by atoms with E-state index in [9.17, 15) is 25.0 Å². The molecule has 0 spiro atoms. The summed E-state index contributed by atoms with van der Waals surface area (Å²) in [5.41, 5.74) is -1.71. The largest absolute Gasteiger partial charge is 0.487 e. The van der Waals surface area contributed by atoms with E-state index in [0.717, 1.165) is 19.4 Å². The molecule has 0 atom stereocenters. The fourth-order valence-corrected chi connectivity index (χ4v) is 2.00. The molecule has 10 heteroatoms. The standard InChI is InChI=1S/C18H21N3O7/c1-6-27-15-8-13(12(17(23)26-5)7-14(15)21(24)25)20-10-11(9-19)16(22)28-18(2,3)4/h7-8,10,20H,6H2,1-5H3. The zero-order valence-electron chi connectivity index (χ0n) is 16.2. The lowest BCUT2D eigenvalue weighted by Gasteiger charge is -2.19. The van der Waals surface area contributed by atoms with Crippen LogP contribution in [0, 0.1) is 21.4 Å². The quantitative estimate of drug-likeness (QED) is 0.244. The van der Waals surface area contributed by atoms with Gasteiger partial charge in [-0.3, -0.25) is 10.1 Å². The van der Waals surface area contributed by atoms with Gasteiger partial charge in [0.15, 0.2) is 11.3 Å². The molecule has 0 aromatic heterocycles. The highest BCUT2D eigenvalue weighted by atomic mass is 16.6. The Morgan fingerprint density at radius 1 is 1.36 bits per heavy atom. The molecule has 1 N–H and O–H groups in total. The number of nitriles is 1. The number of hydrogen-bond acceptors (Lipinski definition) is 9. The third kappa shape index (κ3) is 5.98. The summed E-state index contributed by atoms with van der Waals surface area (Å²) in [6.07, 6.45) is 1.04. The van der Waals surface area contributed by atoms with E-state index in [2.05, 4.69) is 10.1 Å². The summed E-state index contributed by atoms with van der Waals surface area (Å²) in [5, 5.41) is 23.1. The van der Waals surface area contributed by atoms with Gasteiger partial charge in [-0.2, -0.15) is 5.26 Å². The second kappa shape index (κ2) is 9.36. The van der Waals surface area contributed by atoms with E-state index < -0.39 is 28.2 Å². The number of methoxy groups -OCH3 is 1. The molecular formula is C18H21N3O7. The first kappa shape index (κ1) is 22.4. The second-order valence-electron chi connectivity index (χ2n) is 6.36. The first-order valence-electron chi connectivity index (χ1n) is 8.17. The van der Waals surface area contributed by atoms with Crippen LogP contribution in [0.2, 0.25) is 0 Å². The number of nitro benzene ring substituents is 1. The Labute approximate surface area is 161 Å². The van der Waals surface area contributed by atoms with Gasteiger partial charge in [0.05, 0.1) is 29.9 Å². The van der Waals surface area contributed by atoms with Crippen LogP contribution in [-0.4, -0.2) is 36.2 Å². The normalized spacial score (nSPS) is 11.2. The minimum absolute atomic E-state index is 0.0530.